The summed E-state index contributed by atoms with van der Waals surface area (Å²) in [7, 11) is 1.63. The maximum absolute atomic E-state index is 10.1. The largest absolute Gasteiger partial charge is 0.497 e. The number of ether oxygens (including phenoxy) is 1. The molecular weight excluding hydrogens is 468 g/mol. The zero-order chi connectivity index (χ0) is 24.9. The van der Waals surface area contributed by atoms with E-state index in [0.717, 1.165) is 33.7 Å². The number of pyridine rings is 1. The normalized spacial score (nSPS) is 10.7. The summed E-state index contributed by atoms with van der Waals surface area (Å²) in [6.45, 7) is 2.05. The van der Waals surface area contributed by atoms with Gasteiger partial charge in [-0.1, -0.05) is 71.9 Å². The Balaban J connectivity index is 1.52. The van der Waals surface area contributed by atoms with Crippen LogP contribution < -0.4 is 4.74 Å². The molecule has 0 spiro atoms. The van der Waals surface area contributed by atoms with Crippen molar-refractivity contribution in [3.05, 3.63) is 102 Å². The third kappa shape index (κ3) is 4.99. The minimum absolute atomic E-state index is 0.390. The van der Waals surface area contributed by atoms with Crippen molar-refractivity contribution < 1.29 is 9.15 Å². The van der Waals surface area contributed by atoms with Crippen molar-refractivity contribution in [2.75, 3.05) is 7.11 Å². The fraction of sp³-hybridized carbons (Fsp3) is 0.103. The molecule has 7 heteroatoms. The van der Waals surface area contributed by atoms with E-state index in [1.165, 1.54) is 17.3 Å². The molecule has 0 unspecified atom stereocenters. The lowest BCUT2D eigenvalue weighted by atomic mass is 9.99. The maximum atomic E-state index is 10.1. The van der Waals surface area contributed by atoms with Crippen LogP contribution in [0.25, 0.3) is 33.8 Å². The molecule has 0 fully saturated rings. The summed E-state index contributed by atoms with van der Waals surface area (Å²) in [6, 6.07) is 29.8. The van der Waals surface area contributed by atoms with E-state index < -0.39 is 0 Å². The van der Waals surface area contributed by atoms with Crippen LogP contribution in [0.1, 0.15) is 17.0 Å². The first-order valence-electron chi connectivity index (χ1n) is 11.3. The molecule has 0 aliphatic carbocycles. The SMILES string of the molecule is COc1ccc(-c2cc(-c3ccc(C)cc3)nc(SCc3nnc(-c4ccccc4)o3)c2C#N)cc1. The molecule has 0 amide bonds. The van der Waals surface area contributed by atoms with Gasteiger partial charge in [-0.15, -0.1) is 10.2 Å². The summed E-state index contributed by atoms with van der Waals surface area (Å²) in [5.41, 5.74) is 6.02. The molecule has 0 aliphatic rings. The topological polar surface area (TPSA) is 84.8 Å². The van der Waals surface area contributed by atoms with Gasteiger partial charge in [0.1, 0.15) is 16.8 Å². The van der Waals surface area contributed by atoms with Crippen LogP contribution in [0.2, 0.25) is 0 Å². The van der Waals surface area contributed by atoms with E-state index in [1.54, 1.807) is 7.11 Å². The molecule has 3 aromatic carbocycles. The molecule has 0 atom stereocenters. The van der Waals surface area contributed by atoms with Gasteiger partial charge in [-0.25, -0.2) is 4.98 Å². The molecule has 0 aliphatic heterocycles. The minimum Gasteiger partial charge on any atom is -0.497 e. The lowest BCUT2D eigenvalue weighted by Gasteiger charge is -2.13. The molecule has 0 saturated carbocycles. The van der Waals surface area contributed by atoms with Crippen molar-refractivity contribution in [2.45, 2.75) is 17.7 Å². The zero-order valence-corrected chi connectivity index (χ0v) is 20.6. The summed E-state index contributed by atoms with van der Waals surface area (Å²) >= 11 is 1.41. The zero-order valence-electron chi connectivity index (χ0n) is 19.8. The number of thioether (sulfide) groups is 1. The maximum Gasteiger partial charge on any atom is 0.247 e. The van der Waals surface area contributed by atoms with E-state index in [2.05, 4.69) is 28.4 Å². The smallest absolute Gasteiger partial charge is 0.247 e. The van der Waals surface area contributed by atoms with Crippen molar-refractivity contribution in [2.24, 2.45) is 0 Å². The summed E-state index contributed by atoms with van der Waals surface area (Å²) in [6.07, 6.45) is 0. The van der Waals surface area contributed by atoms with Crippen molar-refractivity contribution >= 4 is 11.8 Å². The van der Waals surface area contributed by atoms with Crippen molar-refractivity contribution in [3.8, 4) is 45.7 Å². The fourth-order valence-electron chi connectivity index (χ4n) is 3.74. The van der Waals surface area contributed by atoms with Gasteiger partial charge >= 0.3 is 0 Å². The van der Waals surface area contributed by atoms with Gasteiger partial charge in [-0.05, 0) is 42.8 Å². The molecular formula is C29H22N4O2S. The van der Waals surface area contributed by atoms with Gasteiger partial charge < -0.3 is 9.15 Å². The van der Waals surface area contributed by atoms with Crippen LogP contribution >= 0.6 is 11.8 Å². The van der Waals surface area contributed by atoms with Gasteiger partial charge in [0.15, 0.2) is 0 Å². The Bertz CT molecular complexity index is 1520. The van der Waals surface area contributed by atoms with Crippen LogP contribution in [0.5, 0.6) is 5.75 Å². The minimum atomic E-state index is 0.390. The first kappa shape index (κ1) is 23.3. The predicted molar refractivity (Wildman–Crippen MR) is 140 cm³/mol. The highest BCUT2D eigenvalue weighted by atomic mass is 32.2. The molecule has 36 heavy (non-hydrogen) atoms. The Morgan fingerprint density at radius 2 is 1.61 bits per heavy atom. The Morgan fingerprint density at radius 3 is 2.31 bits per heavy atom. The van der Waals surface area contributed by atoms with Crippen molar-refractivity contribution in [3.63, 3.8) is 0 Å². The molecule has 5 rings (SSSR count). The molecule has 6 nitrogen and oxygen atoms in total. The van der Waals surface area contributed by atoms with E-state index in [1.807, 2.05) is 79.7 Å². The molecule has 5 aromatic rings. The fourth-order valence-corrected chi connectivity index (χ4v) is 4.58. The van der Waals surface area contributed by atoms with Crippen LogP contribution in [-0.2, 0) is 5.75 Å². The van der Waals surface area contributed by atoms with Crippen molar-refractivity contribution in [1.82, 2.24) is 15.2 Å². The average molecular weight is 491 g/mol. The number of hydrogen-bond donors (Lipinski definition) is 0. The van der Waals surface area contributed by atoms with E-state index >= 15 is 0 Å². The van der Waals surface area contributed by atoms with Gasteiger partial charge in [0.25, 0.3) is 0 Å². The van der Waals surface area contributed by atoms with E-state index in [9.17, 15) is 5.26 Å². The second-order valence-corrected chi connectivity index (χ2v) is 9.06. The standard InChI is InChI=1S/C29H22N4O2S/c1-19-8-10-21(11-9-19)26-16-24(20-12-14-23(34-2)15-13-20)25(17-30)29(31-26)36-18-27-32-33-28(35-27)22-6-4-3-5-7-22/h3-16H,18H2,1-2H3. The van der Waals surface area contributed by atoms with Gasteiger partial charge in [0, 0.05) is 16.7 Å². The molecule has 2 aromatic heterocycles. The summed E-state index contributed by atoms with van der Waals surface area (Å²) in [4.78, 5) is 4.87. The Labute approximate surface area is 213 Å². The highest BCUT2D eigenvalue weighted by Gasteiger charge is 2.18. The lowest BCUT2D eigenvalue weighted by Crippen LogP contribution is -1.96. The second kappa shape index (κ2) is 10.5. The van der Waals surface area contributed by atoms with Crippen molar-refractivity contribution in [1.29, 1.82) is 5.26 Å². The van der Waals surface area contributed by atoms with Crippen LogP contribution in [0.15, 0.2) is 94.4 Å². The van der Waals surface area contributed by atoms with Crippen LogP contribution in [0.3, 0.4) is 0 Å². The first-order chi connectivity index (χ1) is 17.6. The number of benzene rings is 3. The molecule has 0 saturated heterocycles. The first-order valence-corrected chi connectivity index (χ1v) is 12.3. The second-order valence-electron chi connectivity index (χ2n) is 8.10. The molecule has 2 heterocycles. The van der Waals surface area contributed by atoms with Gasteiger partial charge in [0.05, 0.1) is 24.1 Å². The number of methoxy groups -OCH3 is 1. The number of nitriles is 1. The van der Waals surface area contributed by atoms with Gasteiger partial charge in [-0.2, -0.15) is 5.26 Å². The van der Waals surface area contributed by atoms with E-state index in [0.29, 0.717) is 28.1 Å². The molecule has 0 radical (unpaired) electrons. The van der Waals surface area contributed by atoms with Crippen LogP contribution in [0, 0.1) is 18.3 Å². The van der Waals surface area contributed by atoms with Crippen LogP contribution in [-0.4, -0.2) is 22.3 Å². The Kier molecular flexibility index (Phi) is 6.78. The summed E-state index contributed by atoms with van der Waals surface area (Å²) < 4.78 is 11.2. The highest BCUT2D eigenvalue weighted by Crippen LogP contribution is 2.36. The Hall–Kier alpha value is -4.41. The predicted octanol–water partition coefficient (Wildman–Crippen LogP) is 6.95. The van der Waals surface area contributed by atoms with Crippen LogP contribution in [0.4, 0.5) is 0 Å². The highest BCUT2D eigenvalue weighted by molar-refractivity contribution is 7.98. The third-order valence-corrected chi connectivity index (χ3v) is 6.63. The number of nitrogens with zero attached hydrogens (tertiary/aromatic N) is 4. The molecule has 176 valence electrons. The van der Waals surface area contributed by atoms with Gasteiger partial charge in [-0.3, -0.25) is 0 Å². The van der Waals surface area contributed by atoms with E-state index in [-0.39, 0.29) is 0 Å². The molecule has 0 N–H and O–H groups in total. The average Bonchev–Trinajstić information content (AvgIpc) is 3.41. The number of rotatable bonds is 7. The molecule has 0 bridgehead atoms. The number of aryl methyl sites for hydroxylation is 1. The van der Waals surface area contributed by atoms with Gasteiger partial charge in [0.2, 0.25) is 11.8 Å². The summed E-state index contributed by atoms with van der Waals surface area (Å²) in [5.74, 6) is 2.08. The third-order valence-electron chi connectivity index (χ3n) is 5.67. The lowest BCUT2D eigenvalue weighted by molar-refractivity contribution is 0.415. The summed E-state index contributed by atoms with van der Waals surface area (Å²) in [5, 5.41) is 19.1. The Morgan fingerprint density at radius 1 is 0.889 bits per heavy atom. The monoisotopic (exact) mass is 490 g/mol. The van der Waals surface area contributed by atoms with E-state index in [4.69, 9.17) is 14.1 Å². The quantitative estimate of drug-likeness (QED) is 0.228. The number of aromatic nitrogens is 3. The number of hydrogen-bond acceptors (Lipinski definition) is 7.